The van der Waals surface area contributed by atoms with Gasteiger partial charge in [0.1, 0.15) is 11.5 Å². The van der Waals surface area contributed by atoms with Crippen LogP contribution in [0.5, 0.6) is 11.5 Å². The molecule has 0 aliphatic rings. The predicted octanol–water partition coefficient (Wildman–Crippen LogP) is 2.36. The molecule has 7 heteroatoms. The van der Waals surface area contributed by atoms with Crippen LogP contribution in [0, 0.1) is 0 Å². The van der Waals surface area contributed by atoms with Crippen LogP contribution in [0.2, 0.25) is 5.02 Å². The van der Waals surface area contributed by atoms with Crippen LogP contribution < -0.4 is 20.3 Å². The number of benzene rings is 2. The molecule has 0 aromatic heterocycles. The number of halogens is 1. The second-order valence-corrected chi connectivity index (χ2v) is 5.34. The summed E-state index contributed by atoms with van der Waals surface area (Å²) in [4.78, 5) is 24.0. The first-order chi connectivity index (χ1) is 11.5. The monoisotopic (exact) mass is 348 g/mol. The summed E-state index contributed by atoms with van der Waals surface area (Å²) in [7, 11) is 2.98. The van der Waals surface area contributed by atoms with E-state index in [0.717, 1.165) is 5.56 Å². The largest absolute Gasteiger partial charge is 0.497 e. The Bertz CT molecular complexity index is 710. The summed E-state index contributed by atoms with van der Waals surface area (Å²) < 4.78 is 10.2. The Morgan fingerprint density at radius 3 is 2.08 bits per heavy atom. The fourth-order valence-electron chi connectivity index (χ4n) is 1.97. The molecule has 2 amide bonds. The Morgan fingerprint density at radius 1 is 0.958 bits per heavy atom. The third kappa shape index (κ3) is 4.89. The van der Waals surface area contributed by atoms with Gasteiger partial charge in [-0.1, -0.05) is 23.7 Å². The fraction of sp³-hybridized carbons (Fsp3) is 0.176. The molecule has 0 saturated carbocycles. The summed E-state index contributed by atoms with van der Waals surface area (Å²) in [6, 6.07) is 11.6. The second-order valence-electron chi connectivity index (χ2n) is 4.91. The number of hydrazine groups is 1. The molecule has 0 radical (unpaired) electrons. The zero-order valence-electron chi connectivity index (χ0n) is 13.3. The molecule has 0 aliphatic heterocycles. The van der Waals surface area contributed by atoms with Gasteiger partial charge in [-0.25, -0.2) is 0 Å². The third-order valence-corrected chi connectivity index (χ3v) is 3.46. The van der Waals surface area contributed by atoms with Gasteiger partial charge in [-0.15, -0.1) is 0 Å². The topological polar surface area (TPSA) is 76.7 Å². The minimum atomic E-state index is -0.475. The molecule has 0 unspecified atom stereocenters. The normalized spacial score (nSPS) is 9.96. The predicted molar refractivity (Wildman–Crippen MR) is 90.3 cm³/mol. The van der Waals surface area contributed by atoms with Crippen molar-refractivity contribution in [2.75, 3.05) is 14.2 Å². The highest BCUT2D eigenvalue weighted by molar-refractivity contribution is 6.30. The van der Waals surface area contributed by atoms with Gasteiger partial charge in [0.25, 0.3) is 5.91 Å². The van der Waals surface area contributed by atoms with Crippen LogP contribution in [-0.4, -0.2) is 26.0 Å². The summed E-state index contributed by atoms with van der Waals surface area (Å²) in [5, 5.41) is 0.597. The van der Waals surface area contributed by atoms with Crippen LogP contribution in [0.4, 0.5) is 0 Å². The lowest BCUT2D eigenvalue weighted by molar-refractivity contribution is -0.121. The lowest BCUT2D eigenvalue weighted by Gasteiger charge is -2.10. The number of amides is 2. The average Bonchev–Trinajstić information content (AvgIpc) is 2.61. The molecule has 2 aromatic rings. The van der Waals surface area contributed by atoms with E-state index in [4.69, 9.17) is 21.1 Å². The molecule has 6 nitrogen and oxygen atoms in total. The molecule has 2 aromatic carbocycles. The van der Waals surface area contributed by atoms with E-state index in [-0.39, 0.29) is 12.3 Å². The van der Waals surface area contributed by atoms with Crippen LogP contribution >= 0.6 is 11.6 Å². The van der Waals surface area contributed by atoms with Gasteiger partial charge in [0, 0.05) is 16.7 Å². The first-order valence-electron chi connectivity index (χ1n) is 7.08. The van der Waals surface area contributed by atoms with E-state index in [1.807, 2.05) is 0 Å². The molecule has 0 aliphatic carbocycles. The van der Waals surface area contributed by atoms with Crippen molar-refractivity contribution in [2.24, 2.45) is 0 Å². The number of hydrogen-bond acceptors (Lipinski definition) is 4. The van der Waals surface area contributed by atoms with Crippen molar-refractivity contribution in [3.05, 3.63) is 58.6 Å². The Balaban J connectivity index is 1.94. The standard InChI is InChI=1S/C17H17ClN2O4/c1-23-14-8-12(9-15(10-14)24-2)17(22)20-19-16(21)7-11-3-5-13(18)6-4-11/h3-6,8-10H,7H2,1-2H3,(H,19,21)(H,20,22). The van der Waals surface area contributed by atoms with Crippen molar-refractivity contribution in [3.63, 3.8) is 0 Å². The molecular weight excluding hydrogens is 332 g/mol. The quantitative estimate of drug-likeness (QED) is 0.813. The Labute approximate surface area is 144 Å². The molecule has 24 heavy (non-hydrogen) atoms. The molecule has 0 spiro atoms. The molecule has 0 atom stereocenters. The highest BCUT2D eigenvalue weighted by Crippen LogP contribution is 2.22. The number of hydrogen-bond donors (Lipinski definition) is 2. The highest BCUT2D eigenvalue weighted by Gasteiger charge is 2.11. The summed E-state index contributed by atoms with van der Waals surface area (Å²) in [5.41, 5.74) is 5.81. The number of nitrogens with one attached hydrogen (secondary N) is 2. The zero-order valence-corrected chi connectivity index (χ0v) is 14.0. The molecule has 2 N–H and O–H groups in total. The molecule has 0 saturated heterocycles. The molecule has 0 fully saturated rings. The van der Waals surface area contributed by atoms with E-state index >= 15 is 0 Å². The van der Waals surface area contributed by atoms with Crippen molar-refractivity contribution < 1.29 is 19.1 Å². The van der Waals surface area contributed by atoms with E-state index in [2.05, 4.69) is 10.9 Å². The van der Waals surface area contributed by atoms with E-state index in [9.17, 15) is 9.59 Å². The van der Waals surface area contributed by atoms with E-state index in [0.29, 0.717) is 22.1 Å². The average molecular weight is 349 g/mol. The second kappa shape index (κ2) is 8.21. The molecule has 2 rings (SSSR count). The lowest BCUT2D eigenvalue weighted by atomic mass is 10.1. The maximum Gasteiger partial charge on any atom is 0.269 e. The number of rotatable bonds is 5. The first kappa shape index (κ1) is 17.6. The van der Waals surface area contributed by atoms with Crippen LogP contribution in [0.25, 0.3) is 0 Å². The van der Waals surface area contributed by atoms with Gasteiger partial charge in [-0.05, 0) is 29.8 Å². The zero-order chi connectivity index (χ0) is 17.5. The Kier molecular flexibility index (Phi) is 6.03. The first-order valence-corrected chi connectivity index (χ1v) is 7.46. The minimum Gasteiger partial charge on any atom is -0.497 e. The summed E-state index contributed by atoms with van der Waals surface area (Å²) in [5.74, 6) is 0.135. The molecule has 0 bridgehead atoms. The van der Waals surface area contributed by atoms with E-state index < -0.39 is 5.91 Å². The molecule has 0 heterocycles. The maximum absolute atomic E-state index is 12.1. The van der Waals surface area contributed by atoms with E-state index in [1.165, 1.54) is 14.2 Å². The number of carbonyl (C=O) groups is 2. The number of methoxy groups -OCH3 is 2. The summed E-state index contributed by atoms with van der Waals surface area (Å²) >= 11 is 5.79. The third-order valence-electron chi connectivity index (χ3n) is 3.21. The van der Waals surface area contributed by atoms with Crippen molar-refractivity contribution in [1.82, 2.24) is 10.9 Å². The van der Waals surface area contributed by atoms with Gasteiger partial charge in [-0.2, -0.15) is 0 Å². The highest BCUT2D eigenvalue weighted by atomic mass is 35.5. The van der Waals surface area contributed by atoms with Crippen LogP contribution in [0.3, 0.4) is 0 Å². The van der Waals surface area contributed by atoms with Gasteiger partial charge in [-0.3, -0.25) is 20.4 Å². The number of carbonyl (C=O) groups excluding carboxylic acids is 2. The minimum absolute atomic E-state index is 0.124. The van der Waals surface area contributed by atoms with Crippen LogP contribution in [-0.2, 0) is 11.2 Å². The Morgan fingerprint density at radius 2 is 1.54 bits per heavy atom. The molecule has 126 valence electrons. The lowest BCUT2D eigenvalue weighted by Crippen LogP contribution is -2.42. The van der Waals surface area contributed by atoms with Crippen molar-refractivity contribution in [3.8, 4) is 11.5 Å². The van der Waals surface area contributed by atoms with E-state index in [1.54, 1.807) is 42.5 Å². The molecular formula is C17H17ClN2O4. The van der Waals surface area contributed by atoms with Gasteiger partial charge in [0.2, 0.25) is 5.91 Å². The van der Waals surface area contributed by atoms with Crippen LogP contribution in [0.15, 0.2) is 42.5 Å². The smallest absolute Gasteiger partial charge is 0.269 e. The maximum atomic E-state index is 12.1. The van der Waals surface area contributed by atoms with Gasteiger partial charge in [0.15, 0.2) is 0 Å². The van der Waals surface area contributed by atoms with Crippen molar-refractivity contribution >= 4 is 23.4 Å². The van der Waals surface area contributed by atoms with Crippen LogP contribution in [0.1, 0.15) is 15.9 Å². The number of ether oxygens (including phenoxy) is 2. The van der Waals surface area contributed by atoms with Gasteiger partial charge in [0.05, 0.1) is 20.6 Å². The van der Waals surface area contributed by atoms with Gasteiger partial charge >= 0.3 is 0 Å². The SMILES string of the molecule is COc1cc(OC)cc(C(=O)NNC(=O)Cc2ccc(Cl)cc2)c1. The fourth-order valence-corrected chi connectivity index (χ4v) is 2.10. The van der Waals surface area contributed by atoms with Crippen molar-refractivity contribution in [1.29, 1.82) is 0 Å². The Hall–Kier alpha value is -2.73. The summed E-state index contributed by atoms with van der Waals surface area (Å²) in [6.07, 6.45) is 0.124. The van der Waals surface area contributed by atoms with Gasteiger partial charge < -0.3 is 9.47 Å². The van der Waals surface area contributed by atoms with Crippen molar-refractivity contribution in [2.45, 2.75) is 6.42 Å². The summed E-state index contributed by atoms with van der Waals surface area (Å²) in [6.45, 7) is 0.